The molecular weight excluding hydrogens is 200 g/mol. The highest BCUT2D eigenvalue weighted by Crippen LogP contribution is 2.61. The zero-order valence-electron chi connectivity index (χ0n) is 4.70. The summed E-state index contributed by atoms with van der Waals surface area (Å²) in [4.78, 5) is 9.31. The van der Waals surface area contributed by atoms with Gasteiger partial charge >= 0.3 is 0 Å². The molecule has 0 radical (unpaired) electrons. The number of halogens is 3. The highest BCUT2D eigenvalue weighted by Gasteiger charge is 2.71. The summed E-state index contributed by atoms with van der Waals surface area (Å²) >= 11 is 16.5. The number of carbonyl (C=O) groups excluding carboxylic acids is 1. The molecule has 1 rings (SSSR count). The third kappa shape index (κ3) is 0.975. The first-order valence-electron chi connectivity index (χ1n) is 2.45. The number of nitrogens with one attached hydrogen (secondary N) is 1. The lowest BCUT2D eigenvalue weighted by atomic mass is 10.4. The van der Waals surface area contributed by atoms with E-state index in [4.69, 9.17) is 40.0 Å². The topological polar surface area (TPSA) is 49.3 Å². The van der Waals surface area contributed by atoms with Gasteiger partial charge in [-0.1, -0.05) is 23.2 Å². The lowest BCUT2D eigenvalue weighted by Gasteiger charge is -2.04. The molecule has 58 valence electrons. The molecule has 1 amide bonds. The fraction of sp³-hybridized carbons (Fsp3) is 0.750. The SMILES string of the molecule is O=C(NO)C1(Cl)CC1(Cl)Cl. The van der Waals surface area contributed by atoms with Gasteiger partial charge in [-0.3, -0.25) is 10.0 Å². The van der Waals surface area contributed by atoms with Crippen molar-refractivity contribution in [1.82, 2.24) is 5.48 Å². The number of hydrogen-bond acceptors (Lipinski definition) is 2. The Morgan fingerprint density at radius 3 is 2.00 bits per heavy atom. The standard InChI is InChI=1S/C4H4Cl3NO2/c5-3(2(9)8-10)1-4(3,6)7/h10H,1H2,(H,8,9). The number of rotatable bonds is 1. The van der Waals surface area contributed by atoms with Crippen LogP contribution in [0.5, 0.6) is 0 Å². The third-order valence-corrected chi connectivity index (χ3v) is 3.12. The van der Waals surface area contributed by atoms with Crippen LogP contribution in [0.4, 0.5) is 0 Å². The van der Waals surface area contributed by atoms with Crippen LogP contribution in [0.3, 0.4) is 0 Å². The first kappa shape index (κ1) is 8.40. The number of hydroxylamine groups is 1. The molecule has 1 unspecified atom stereocenters. The molecule has 6 heteroatoms. The molecule has 0 spiro atoms. The predicted octanol–water partition coefficient (Wildman–Crippen LogP) is 1.05. The molecule has 0 aromatic carbocycles. The van der Waals surface area contributed by atoms with Gasteiger partial charge in [-0.05, 0) is 0 Å². The van der Waals surface area contributed by atoms with E-state index < -0.39 is 15.1 Å². The van der Waals surface area contributed by atoms with Crippen molar-refractivity contribution in [3.05, 3.63) is 0 Å². The molecule has 3 nitrogen and oxygen atoms in total. The van der Waals surface area contributed by atoms with Gasteiger partial charge in [0.05, 0.1) is 0 Å². The molecule has 0 aromatic heterocycles. The summed E-state index contributed by atoms with van der Waals surface area (Å²) < 4.78 is -1.23. The van der Waals surface area contributed by atoms with Gasteiger partial charge in [0.1, 0.15) is 4.33 Å². The second kappa shape index (κ2) is 2.14. The van der Waals surface area contributed by atoms with Crippen molar-refractivity contribution in [3.8, 4) is 0 Å². The largest absolute Gasteiger partial charge is 0.289 e. The van der Waals surface area contributed by atoms with Crippen molar-refractivity contribution in [3.63, 3.8) is 0 Å². The first-order chi connectivity index (χ1) is 4.44. The molecule has 1 aliphatic carbocycles. The summed E-state index contributed by atoms with van der Waals surface area (Å²) in [5, 5.41) is 8.14. The molecule has 2 N–H and O–H groups in total. The van der Waals surface area contributed by atoms with E-state index in [1.165, 1.54) is 5.48 Å². The van der Waals surface area contributed by atoms with E-state index in [1.54, 1.807) is 0 Å². The van der Waals surface area contributed by atoms with Crippen LogP contribution in [0.1, 0.15) is 6.42 Å². The Morgan fingerprint density at radius 2 is 1.90 bits per heavy atom. The molecule has 0 saturated heterocycles. The van der Waals surface area contributed by atoms with Crippen LogP contribution < -0.4 is 5.48 Å². The van der Waals surface area contributed by atoms with Crippen molar-refractivity contribution in [2.24, 2.45) is 0 Å². The first-order valence-corrected chi connectivity index (χ1v) is 3.59. The van der Waals surface area contributed by atoms with E-state index in [0.717, 1.165) is 0 Å². The molecule has 0 bridgehead atoms. The summed E-state index contributed by atoms with van der Waals surface area (Å²) in [6.45, 7) is 0. The second-order valence-corrected chi connectivity index (χ2v) is 4.25. The van der Waals surface area contributed by atoms with Crippen molar-refractivity contribution < 1.29 is 10.0 Å². The molecule has 0 heterocycles. The van der Waals surface area contributed by atoms with E-state index in [0.29, 0.717) is 0 Å². The van der Waals surface area contributed by atoms with Crippen LogP contribution in [0.15, 0.2) is 0 Å². The van der Waals surface area contributed by atoms with Crippen LogP contribution in [0, 0.1) is 0 Å². The summed E-state index contributed by atoms with van der Waals surface area (Å²) in [5.41, 5.74) is 1.38. The monoisotopic (exact) mass is 203 g/mol. The van der Waals surface area contributed by atoms with Crippen LogP contribution in [0.2, 0.25) is 0 Å². The maximum absolute atomic E-state index is 10.6. The number of carbonyl (C=O) groups is 1. The van der Waals surface area contributed by atoms with Crippen LogP contribution >= 0.6 is 34.8 Å². The van der Waals surface area contributed by atoms with Gasteiger partial charge in [0.25, 0.3) is 5.91 Å². The van der Waals surface area contributed by atoms with E-state index in [-0.39, 0.29) is 6.42 Å². The van der Waals surface area contributed by atoms with E-state index >= 15 is 0 Å². The smallest absolute Gasteiger partial charge is 0.267 e. The third-order valence-electron chi connectivity index (χ3n) is 1.38. The minimum absolute atomic E-state index is 0.150. The van der Waals surface area contributed by atoms with Gasteiger partial charge in [0.2, 0.25) is 0 Å². The number of amides is 1. The van der Waals surface area contributed by atoms with Crippen LogP contribution in [0.25, 0.3) is 0 Å². The predicted molar refractivity (Wildman–Crippen MR) is 37.6 cm³/mol. The maximum atomic E-state index is 10.6. The Balaban J connectivity index is 2.68. The fourth-order valence-electron chi connectivity index (χ4n) is 0.597. The highest BCUT2D eigenvalue weighted by molar-refractivity contribution is 6.62. The number of hydrogen-bond donors (Lipinski definition) is 2. The maximum Gasteiger partial charge on any atom is 0.267 e. The van der Waals surface area contributed by atoms with Gasteiger partial charge in [-0.15, -0.1) is 11.6 Å². The zero-order chi connectivity index (χ0) is 7.99. The fourth-order valence-corrected chi connectivity index (χ4v) is 1.55. The van der Waals surface area contributed by atoms with Crippen molar-refractivity contribution >= 4 is 40.7 Å². The molecule has 10 heavy (non-hydrogen) atoms. The molecule has 0 aromatic rings. The summed E-state index contributed by atoms with van der Waals surface area (Å²) in [5.74, 6) is -0.765. The quantitative estimate of drug-likeness (QED) is 0.381. The van der Waals surface area contributed by atoms with E-state index in [2.05, 4.69) is 0 Å². The van der Waals surface area contributed by atoms with Gasteiger partial charge in [-0.25, -0.2) is 5.48 Å². The molecular formula is C4H4Cl3NO2. The average Bonchev–Trinajstić information content (AvgIpc) is 2.32. The Bertz CT molecular complexity index is 183. The summed E-state index contributed by atoms with van der Waals surface area (Å²) in [6, 6.07) is 0. The van der Waals surface area contributed by atoms with Crippen LogP contribution in [-0.4, -0.2) is 20.3 Å². The minimum atomic E-state index is -1.34. The molecule has 1 aliphatic rings. The molecule has 1 fully saturated rings. The molecule has 1 atom stereocenters. The Labute approximate surface area is 72.2 Å². The average molecular weight is 204 g/mol. The van der Waals surface area contributed by atoms with Crippen LogP contribution in [-0.2, 0) is 4.79 Å². The zero-order valence-corrected chi connectivity index (χ0v) is 6.96. The Morgan fingerprint density at radius 1 is 1.50 bits per heavy atom. The van der Waals surface area contributed by atoms with Gasteiger partial charge in [0.15, 0.2) is 4.87 Å². The van der Waals surface area contributed by atoms with Gasteiger partial charge in [0, 0.05) is 6.42 Å². The lowest BCUT2D eigenvalue weighted by molar-refractivity contribution is -0.129. The van der Waals surface area contributed by atoms with E-state index in [1.807, 2.05) is 0 Å². The number of alkyl halides is 3. The second-order valence-electron chi connectivity index (χ2n) is 2.12. The van der Waals surface area contributed by atoms with Gasteiger partial charge < -0.3 is 0 Å². The molecule has 1 saturated carbocycles. The van der Waals surface area contributed by atoms with Crippen molar-refractivity contribution in [1.29, 1.82) is 0 Å². The Kier molecular flexibility index (Phi) is 1.80. The highest BCUT2D eigenvalue weighted by atomic mass is 35.5. The summed E-state index contributed by atoms with van der Waals surface area (Å²) in [7, 11) is 0. The van der Waals surface area contributed by atoms with Crippen molar-refractivity contribution in [2.75, 3.05) is 0 Å². The lowest BCUT2D eigenvalue weighted by Crippen LogP contribution is -2.33. The normalized spacial score (nSPS) is 35.2. The van der Waals surface area contributed by atoms with Crippen molar-refractivity contribution in [2.45, 2.75) is 15.6 Å². The van der Waals surface area contributed by atoms with E-state index in [9.17, 15) is 4.79 Å². The van der Waals surface area contributed by atoms with Gasteiger partial charge in [-0.2, -0.15) is 0 Å². The minimum Gasteiger partial charge on any atom is -0.289 e. The molecule has 0 aliphatic heterocycles. The Hall–Kier alpha value is 0.300. The summed E-state index contributed by atoms with van der Waals surface area (Å²) in [6.07, 6.45) is 0.150.